The number of nitriles is 1. The molecule has 2 aromatic rings. The lowest BCUT2D eigenvalue weighted by molar-refractivity contribution is -0.112. The zero-order valence-corrected chi connectivity index (χ0v) is 13.7. The largest absolute Gasteiger partial charge is 0.441 e. The predicted molar refractivity (Wildman–Crippen MR) is 89.4 cm³/mol. The molecule has 0 aliphatic rings. The van der Waals surface area contributed by atoms with Crippen molar-refractivity contribution < 1.29 is 9.21 Å². The van der Waals surface area contributed by atoms with E-state index >= 15 is 0 Å². The summed E-state index contributed by atoms with van der Waals surface area (Å²) < 4.78 is 6.42. The molecule has 112 valence electrons. The summed E-state index contributed by atoms with van der Waals surface area (Å²) in [6.07, 6.45) is 1.42. The molecular formula is C16H14BrN3O2. The highest BCUT2D eigenvalue weighted by molar-refractivity contribution is 9.10. The Labute approximate surface area is 137 Å². The van der Waals surface area contributed by atoms with E-state index in [-0.39, 0.29) is 5.57 Å². The maximum Gasteiger partial charge on any atom is 0.266 e. The van der Waals surface area contributed by atoms with Gasteiger partial charge in [0.2, 0.25) is 0 Å². The van der Waals surface area contributed by atoms with Crippen molar-refractivity contribution in [1.29, 1.82) is 5.26 Å². The van der Waals surface area contributed by atoms with Gasteiger partial charge in [-0.1, -0.05) is 15.9 Å². The average molecular weight is 360 g/mol. The molecule has 1 aromatic carbocycles. The Morgan fingerprint density at radius 1 is 1.27 bits per heavy atom. The maximum atomic E-state index is 12.1. The second-order valence-corrected chi connectivity index (χ2v) is 5.62. The van der Waals surface area contributed by atoms with Crippen molar-refractivity contribution in [2.45, 2.75) is 0 Å². The minimum Gasteiger partial charge on any atom is -0.441 e. The van der Waals surface area contributed by atoms with E-state index in [1.807, 2.05) is 20.2 Å². The minimum absolute atomic E-state index is 0.0254. The molecule has 0 aliphatic carbocycles. The van der Waals surface area contributed by atoms with Gasteiger partial charge in [0.25, 0.3) is 5.91 Å². The Hall–Kier alpha value is -2.52. The van der Waals surface area contributed by atoms with Gasteiger partial charge in [-0.3, -0.25) is 4.79 Å². The lowest BCUT2D eigenvalue weighted by Crippen LogP contribution is -2.13. The van der Waals surface area contributed by atoms with Crippen LogP contribution in [0, 0.1) is 11.3 Å². The van der Waals surface area contributed by atoms with Gasteiger partial charge in [-0.05, 0) is 30.3 Å². The number of furan rings is 1. The number of carbonyl (C=O) groups is 1. The molecule has 0 atom stereocenters. The Morgan fingerprint density at radius 3 is 2.50 bits per heavy atom. The minimum atomic E-state index is -0.479. The van der Waals surface area contributed by atoms with Gasteiger partial charge in [-0.25, -0.2) is 0 Å². The van der Waals surface area contributed by atoms with Gasteiger partial charge in [-0.15, -0.1) is 0 Å². The Bertz CT molecular complexity index is 739. The van der Waals surface area contributed by atoms with E-state index in [0.29, 0.717) is 17.3 Å². The van der Waals surface area contributed by atoms with E-state index in [9.17, 15) is 4.79 Å². The van der Waals surface area contributed by atoms with E-state index in [1.54, 1.807) is 41.3 Å². The van der Waals surface area contributed by atoms with Crippen LogP contribution in [0.15, 0.2) is 50.9 Å². The number of nitrogens with zero attached hydrogens (tertiary/aromatic N) is 2. The van der Waals surface area contributed by atoms with E-state index in [4.69, 9.17) is 9.68 Å². The molecule has 5 nitrogen and oxygen atoms in total. The number of anilines is 2. The first-order valence-electron chi connectivity index (χ1n) is 6.45. The van der Waals surface area contributed by atoms with Crippen molar-refractivity contribution in [2.24, 2.45) is 0 Å². The van der Waals surface area contributed by atoms with Crippen molar-refractivity contribution in [1.82, 2.24) is 0 Å². The van der Waals surface area contributed by atoms with Crippen molar-refractivity contribution in [2.75, 3.05) is 24.3 Å². The van der Waals surface area contributed by atoms with Crippen LogP contribution in [0.4, 0.5) is 11.6 Å². The first-order chi connectivity index (χ1) is 10.5. The average Bonchev–Trinajstić information content (AvgIpc) is 2.96. The SMILES string of the molecule is CN(C)c1ccc(/C=C(/C#N)C(=O)Nc2ccc(Br)cc2)o1. The summed E-state index contributed by atoms with van der Waals surface area (Å²) in [5.74, 6) is 0.621. The van der Waals surface area contributed by atoms with Crippen LogP contribution in [0.25, 0.3) is 6.08 Å². The number of carbonyl (C=O) groups excluding carboxylic acids is 1. The predicted octanol–water partition coefficient (Wildman–Crippen LogP) is 3.65. The molecule has 1 heterocycles. The van der Waals surface area contributed by atoms with Gasteiger partial charge < -0.3 is 14.6 Å². The lowest BCUT2D eigenvalue weighted by Gasteiger charge is -2.06. The first-order valence-corrected chi connectivity index (χ1v) is 7.25. The molecule has 0 bridgehead atoms. The third kappa shape index (κ3) is 3.99. The van der Waals surface area contributed by atoms with Crippen LogP contribution in [-0.4, -0.2) is 20.0 Å². The van der Waals surface area contributed by atoms with E-state index in [1.165, 1.54) is 6.08 Å². The fraction of sp³-hybridized carbons (Fsp3) is 0.125. The summed E-state index contributed by atoms with van der Waals surface area (Å²) in [6.45, 7) is 0. The van der Waals surface area contributed by atoms with Crippen LogP contribution in [0.5, 0.6) is 0 Å². The van der Waals surface area contributed by atoms with Gasteiger partial charge in [0, 0.05) is 36.4 Å². The number of benzene rings is 1. The molecule has 1 N–H and O–H groups in total. The van der Waals surface area contributed by atoms with Crippen molar-refractivity contribution in [3.8, 4) is 6.07 Å². The topological polar surface area (TPSA) is 69.3 Å². The van der Waals surface area contributed by atoms with E-state index in [2.05, 4.69) is 21.2 Å². The van der Waals surface area contributed by atoms with Gasteiger partial charge in [-0.2, -0.15) is 5.26 Å². The quantitative estimate of drug-likeness (QED) is 0.668. The molecule has 2 rings (SSSR count). The van der Waals surface area contributed by atoms with E-state index in [0.717, 1.165) is 4.47 Å². The van der Waals surface area contributed by atoms with Crippen molar-refractivity contribution >= 4 is 39.5 Å². The summed E-state index contributed by atoms with van der Waals surface area (Å²) in [5, 5.41) is 11.8. The summed E-state index contributed by atoms with van der Waals surface area (Å²) in [6, 6.07) is 12.5. The molecule has 0 spiro atoms. The number of halogens is 1. The summed E-state index contributed by atoms with van der Waals surface area (Å²) >= 11 is 3.32. The van der Waals surface area contributed by atoms with Gasteiger partial charge in [0.05, 0.1) is 0 Å². The van der Waals surface area contributed by atoms with Crippen LogP contribution < -0.4 is 10.2 Å². The summed E-state index contributed by atoms with van der Waals surface area (Å²) in [5.41, 5.74) is 0.588. The molecule has 0 unspecified atom stereocenters. The zero-order valence-electron chi connectivity index (χ0n) is 12.1. The number of rotatable bonds is 4. The molecule has 6 heteroatoms. The van der Waals surface area contributed by atoms with Gasteiger partial charge in [0.15, 0.2) is 5.88 Å². The summed E-state index contributed by atoms with van der Waals surface area (Å²) in [4.78, 5) is 13.9. The van der Waals surface area contributed by atoms with Crippen LogP contribution >= 0.6 is 15.9 Å². The number of nitrogens with one attached hydrogen (secondary N) is 1. The smallest absolute Gasteiger partial charge is 0.266 e. The maximum absolute atomic E-state index is 12.1. The standard InChI is InChI=1S/C16H14BrN3O2/c1-20(2)15-8-7-14(22-15)9-11(10-18)16(21)19-13-5-3-12(17)4-6-13/h3-9H,1-2H3,(H,19,21)/b11-9-. The highest BCUT2D eigenvalue weighted by Crippen LogP contribution is 2.19. The molecule has 0 aliphatic heterocycles. The van der Waals surface area contributed by atoms with Crippen molar-refractivity contribution in [3.63, 3.8) is 0 Å². The first kappa shape index (κ1) is 15.9. The fourth-order valence-electron chi connectivity index (χ4n) is 1.68. The number of amides is 1. The second kappa shape index (κ2) is 6.96. The third-order valence-corrected chi connectivity index (χ3v) is 3.34. The Balaban J connectivity index is 2.16. The molecule has 0 fully saturated rings. The normalized spacial score (nSPS) is 10.9. The lowest BCUT2D eigenvalue weighted by atomic mass is 10.2. The molecule has 22 heavy (non-hydrogen) atoms. The Morgan fingerprint density at radius 2 is 1.95 bits per heavy atom. The zero-order chi connectivity index (χ0) is 16.1. The van der Waals surface area contributed by atoms with E-state index < -0.39 is 5.91 Å². The van der Waals surface area contributed by atoms with Gasteiger partial charge in [0.1, 0.15) is 17.4 Å². The van der Waals surface area contributed by atoms with Crippen LogP contribution in [-0.2, 0) is 4.79 Å². The van der Waals surface area contributed by atoms with Crippen LogP contribution in [0.2, 0.25) is 0 Å². The molecule has 0 radical (unpaired) electrons. The summed E-state index contributed by atoms with van der Waals surface area (Å²) in [7, 11) is 3.69. The number of hydrogen-bond donors (Lipinski definition) is 1. The monoisotopic (exact) mass is 359 g/mol. The fourth-order valence-corrected chi connectivity index (χ4v) is 1.95. The molecule has 1 aromatic heterocycles. The number of hydrogen-bond acceptors (Lipinski definition) is 4. The highest BCUT2D eigenvalue weighted by atomic mass is 79.9. The van der Waals surface area contributed by atoms with Crippen molar-refractivity contribution in [3.05, 3.63) is 52.2 Å². The molecule has 1 amide bonds. The van der Waals surface area contributed by atoms with Crippen LogP contribution in [0.3, 0.4) is 0 Å². The Kier molecular flexibility index (Phi) is 5.02. The van der Waals surface area contributed by atoms with Gasteiger partial charge >= 0.3 is 0 Å². The third-order valence-electron chi connectivity index (χ3n) is 2.81. The molecular weight excluding hydrogens is 346 g/mol. The second-order valence-electron chi connectivity index (χ2n) is 4.70. The van der Waals surface area contributed by atoms with Crippen LogP contribution in [0.1, 0.15) is 5.76 Å². The molecule has 0 saturated heterocycles. The highest BCUT2D eigenvalue weighted by Gasteiger charge is 2.11. The molecule has 0 saturated carbocycles.